The Bertz CT molecular complexity index is 568. The van der Waals surface area contributed by atoms with E-state index in [-0.39, 0.29) is 6.04 Å². The molecule has 0 saturated heterocycles. The second-order valence-electron chi connectivity index (χ2n) is 5.14. The largest absolute Gasteiger partial charge is 0.508 e. The molecule has 0 fully saturated rings. The van der Waals surface area contributed by atoms with Crippen molar-refractivity contribution in [1.82, 2.24) is 5.32 Å². The SMILES string of the molecule is Oc1ccc2c(c1)CCNC2COCc1ccccc1. The highest BCUT2D eigenvalue weighted by Crippen LogP contribution is 2.26. The van der Waals surface area contributed by atoms with Crippen LogP contribution in [-0.2, 0) is 17.8 Å². The van der Waals surface area contributed by atoms with Gasteiger partial charge in [0.05, 0.1) is 19.3 Å². The lowest BCUT2D eigenvalue weighted by Gasteiger charge is -2.27. The number of hydrogen-bond donors (Lipinski definition) is 2. The molecule has 0 radical (unpaired) electrons. The number of aromatic hydroxyl groups is 1. The van der Waals surface area contributed by atoms with E-state index in [1.165, 1.54) is 16.7 Å². The van der Waals surface area contributed by atoms with Gasteiger partial charge in [0.2, 0.25) is 0 Å². The van der Waals surface area contributed by atoms with E-state index in [1.54, 1.807) is 6.07 Å². The Morgan fingerprint density at radius 1 is 1.15 bits per heavy atom. The molecule has 1 aliphatic rings. The molecule has 0 aromatic heterocycles. The van der Waals surface area contributed by atoms with E-state index in [0.29, 0.717) is 19.0 Å². The zero-order chi connectivity index (χ0) is 13.8. The third kappa shape index (κ3) is 3.00. The summed E-state index contributed by atoms with van der Waals surface area (Å²) in [7, 11) is 0. The summed E-state index contributed by atoms with van der Waals surface area (Å²) < 4.78 is 5.82. The molecule has 1 heterocycles. The highest BCUT2D eigenvalue weighted by Gasteiger charge is 2.19. The second-order valence-corrected chi connectivity index (χ2v) is 5.14. The molecular weight excluding hydrogens is 250 g/mol. The van der Waals surface area contributed by atoms with E-state index in [1.807, 2.05) is 30.3 Å². The summed E-state index contributed by atoms with van der Waals surface area (Å²) in [6, 6.07) is 16.0. The van der Waals surface area contributed by atoms with E-state index in [0.717, 1.165) is 13.0 Å². The van der Waals surface area contributed by atoms with E-state index in [4.69, 9.17) is 4.74 Å². The van der Waals surface area contributed by atoms with Crippen molar-refractivity contribution in [3.63, 3.8) is 0 Å². The molecule has 0 amide bonds. The number of phenolic OH excluding ortho intramolecular Hbond substituents is 1. The topological polar surface area (TPSA) is 41.5 Å². The van der Waals surface area contributed by atoms with Gasteiger partial charge in [-0.1, -0.05) is 36.4 Å². The van der Waals surface area contributed by atoms with Gasteiger partial charge in [0.25, 0.3) is 0 Å². The van der Waals surface area contributed by atoms with Gasteiger partial charge in [-0.25, -0.2) is 0 Å². The van der Waals surface area contributed by atoms with Gasteiger partial charge in [0.15, 0.2) is 0 Å². The van der Waals surface area contributed by atoms with Crippen molar-refractivity contribution in [3.8, 4) is 5.75 Å². The van der Waals surface area contributed by atoms with Crippen LogP contribution in [0.5, 0.6) is 5.75 Å². The highest BCUT2D eigenvalue weighted by atomic mass is 16.5. The summed E-state index contributed by atoms with van der Waals surface area (Å²) in [4.78, 5) is 0. The fraction of sp³-hybridized carbons (Fsp3) is 0.294. The van der Waals surface area contributed by atoms with Crippen LogP contribution >= 0.6 is 0 Å². The molecule has 2 N–H and O–H groups in total. The molecule has 1 unspecified atom stereocenters. The van der Waals surface area contributed by atoms with Gasteiger partial charge in [-0.2, -0.15) is 0 Å². The predicted octanol–water partition coefficient (Wildman–Crippen LogP) is 2.80. The van der Waals surface area contributed by atoms with Gasteiger partial charge in [-0.15, -0.1) is 0 Å². The molecule has 0 bridgehead atoms. The highest BCUT2D eigenvalue weighted by molar-refractivity contribution is 5.38. The summed E-state index contributed by atoms with van der Waals surface area (Å²) in [6.45, 7) is 2.20. The Labute approximate surface area is 119 Å². The standard InChI is InChI=1S/C17H19NO2/c19-15-6-7-16-14(10-15)8-9-18-17(16)12-20-11-13-4-2-1-3-5-13/h1-7,10,17-19H,8-9,11-12H2. The number of phenols is 1. The molecule has 1 aliphatic heterocycles. The molecule has 0 spiro atoms. The minimum absolute atomic E-state index is 0.211. The molecule has 2 aromatic rings. The van der Waals surface area contributed by atoms with Crippen LogP contribution in [0.4, 0.5) is 0 Å². The number of rotatable bonds is 4. The monoisotopic (exact) mass is 269 g/mol. The Hall–Kier alpha value is -1.84. The third-order valence-electron chi connectivity index (χ3n) is 3.68. The van der Waals surface area contributed by atoms with Gasteiger partial charge in [-0.3, -0.25) is 0 Å². The van der Waals surface area contributed by atoms with E-state index < -0.39 is 0 Å². The van der Waals surface area contributed by atoms with Gasteiger partial charge in [-0.05, 0) is 41.8 Å². The number of benzene rings is 2. The van der Waals surface area contributed by atoms with Crippen molar-refractivity contribution in [2.45, 2.75) is 19.1 Å². The number of hydrogen-bond acceptors (Lipinski definition) is 3. The minimum atomic E-state index is 0.211. The quantitative estimate of drug-likeness (QED) is 0.896. The van der Waals surface area contributed by atoms with E-state index >= 15 is 0 Å². The Morgan fingerprint density at radius 2 is 2.00 bits per heavy atom. The zero-order valence-corrected chi connectivity index (χ0v) is 11.4. The minimum Gasteiger partial charge on any atom is -0.508 e. The Morgan fingerprint density at radius 3 is 2.85 bits per heavy atom. The van der Waals surface area contributed by atoms with E-state index in [2.05, 4.69) is 17.4 Å². The fourth-order valence-corrected chi connectivity index (χ4v) is 2.66. The second kappa shape index (κ2) is 6.07. The first-order chi connectivity index (χ1) is 9.83. The summed E-state index contributed by atoms with van der Waals surface area (Å²) in [5, 5.41) is 13.0. The van der Waals surface area contributed by atoms with Crippen molar-refractivity contribution in [2.75, 3.05) is 13.2 Å². The first-order valence-electron chi connectivity index (χ1n) is 7.00. The van der Waals surface area contributed by atoms with Crippen molar-refractivity contribution < 1.29 is 9.84 Å². The fourth-order valence-electron chi connectivity index (χ4n) is 2.66. The summed E-state index contributed by atoms with van der Waals surface area (Å²) in [5.41, 5.74) is 3.65. The molecule has 0 aliphatic carbocycles. The van der Waals surface area contributed by atoms with Crippen molar-refractivity contribution >= 4 is 0 Å². The predicted molar refractivity (Wildman–Crippen MR) is 78.7 cm³/mol. The van der Waals surface area contributed by atoms with Crippen LogP contribution in [0, 0.1) is 0 Å². The van der Waals surface area contributed by atoms with Crippen LogP contribution in [-0.4, -0.2) is 18.3 Å². The molecule has 0 saturated carbocycles. The smallest absolute Gasteiger partial charge is 0.115 e. The van der Waals surface area contributed by atoms with Gasteiger partial charge in [0.1, 0.15) is 5.75 Å². The Balaban J connectivity index is 1.62. The first-order valence-corrected chi connectivity index (χ1v) is 7.00. The van der Waals surface area contributed by atoms with Crippen LogP contribution in [0.15, 0.2) is 48.5 Å². The Kier molecular flexibility index (Phi) is 4.00. The lowest BCUT2D eigenvalue weighted by Crippen LogP contribution is -2.32. The lowest BCUT2D eigenvalue weighted by atomic mass is 9.94. The lowest BCUT2D eigenvalue weighted by molar-refractivity contribution is 0.0969. The van der Waals surface area contributed by atoms with Crippen LogP contribution in [0.1, 0.15) is 22.7 Å². The molecular formula is C17H19NO2. The molecule has 3 rings (SSSR count). The zero-order valence-electron chi connectivity index (χ0n) is 11.4. The number of nitrogens with one attached hydrogen (secondary N) is 1. The average molecular weight is 269 g/mol. The van der Waals surface area contributed by atoms with Crippen molar-refractivity contribution in [2.24, 2.45) is 0 Å². The van der Waals surface area contributed by atoms with Gasteiger partial charge in [0, 0.05) is 0 Å². The summed E-state index contributed by atoms with van der Waals surface area (Å²) in [5.74, 6) is 0.342. The van der Waals surface area contributed by atoms with Gasteiger partial charge < -0.3 is 15.2 Å². The van der Waals surface area contributed by atoms with Gasteiger partial charge >= 0.3 is 0 Å². The first kappa shape index (κ1) is 13.2. The molecule has 104 valence electrons. The number of fused-ring (bicyclic) bond motifs is 1. The maximum Gasteiger partial charge on any atom is 0.115 e. The molecule has 3 heteroatoms. The van der Waals surface area contributed by atoms with Crippen molar-refractivity contribution in [1.29, 1.82) is 0 Å². The van der Waals surface area contributed by atoms with Crippen molar-refractivity contribution in [3.05, 3.63) is 65.2 Å². The summed E-state index contributed by atoms with van der Waals surface area (Å²) >= 11 is 0. The molecule has 20 heavy (non-hydrogen) atoms. The maximum absolute atomic E-state index is 9.55. The molecule has 1 atom stereocenters. The van der Waals surface area contributed by atoms with E-state index in [9.17, 15) is 5.11 Å². The number of ether oxygens (including phenoxy) is 1. The third-order valence-corrected chi connectivity index (χ3v) is 3.68. The normalized spacial score (nSPS) is 17.7. The van der Waals surface area contributed by atoms with Crippen LogP contribution in [0.25, 0.3) is 0 Å². The molecule has 2 aromatic carbocycles. The van der Waals surface area contributed by atoms with Crippen LogP contribution < -0.4 is 5.32 Å². The molecule has 3 nitrogen and oxygen atoms in total. The average Bonchev–Trinajstić information content (AvgIpc) is 2.48. The van der Waals surface area contributed by atoms with Crippen LogP contribution in [0.2, 0.25) is 0 Å². The maximum atomic E-state index is 9.55. The van der Waals surface area contributed by atoms with Crippen LogP contribution in [0.3, 0.4) is 0 Å². The summed E-state index contributed by atoms with van der Waals surface area (Å²) in [6.07, 6.45) is 0.957.